The average Bonchev–Trinajstić information content (AvgIpc) is 2.67. The van der Waals surface area contributed by atoms with Gasteiger partial charge in [0, 0.05) is 6.04 Å². The lowest BCUT2D eigenvalue weighted by Gasteiger charge is -2.23. The molecule has 1 aromatic rings. The van der Waals surface area contributed by atoms with Gasteiger partial charge in [-0.1, -0.05) is 12.8 Å². The SMILES string of the molecule is Cc1cc(O)cc(C)c1[C@@H](N)C1CCCC1.Cl. The van der Waals surface area contributed by atoms with E-state index in [1.54, 1.807) is 0 Å². The molecule has 0 amide bonds. The van der Waals surface area contributed by atoms with Crippen LogP contribution < -0.4 is 5.73 Å². The van der Waals surface area contributed by atoms with Gasteiger partial charge in [0.15, 0.2) is 0 Å². The summed E-state index contributed by atoms with van der Waals surface area (Å²) in [5.41, 5.74) is 9.86. The summed E-state index contributed by atoms with van der Waals surface area (Å²) in [6, 6.07) is 3.77. The first kappa shape index (κ1) is 14.3. The first-order chi connectivity index (χ1) is 7.59. The molecular weight excluding hydrogens is 234 g/mol. The highest BCUT2D eigenvalue weighted by atomic mass is 35.5. The molecule has 17 heavy (non-hydrogen) atoms. The van der Waals surface area contributed by atoms with Gasteiger partial charge >= 0.3 is 0 Å². The third kappa shape index (κ3) is 2.93. The van der Waals surface area contributed by atoms with Crippen molar-refractivity contribution in [3.63, 3.8) is 0 Å². The summed E-state index contributed by atoms with van der Waals surface area (Å²) in [5, 5.41) is 9.52. The van der Waals surface area contributed by atoms with E-state index in [1.165, 1.54) is 31.2 Å². The standard InChI is InChI=1S/C14H21NO.ClH/c1-9-7-12(16)8-10(2)13(9)14(15)11-5-3-4-6-11;/h7-8,11,14,16H,3-6,15H2,1-2H3;1H/t14-;/m0./s1. The number of nitrogens with two attached hydrogens (primary N) is 1. The van der Waals surface area contributed by atoms with Crippen molar-refractivity contribution in [2.45, 2.75) is 45.6 Å². The van der Waals surface area contributed by atoms with Crippen molar-refractivity contribution in [3.05, 3.63) is 28.8 Å². The van der Waals surface area contributed by atoms with E-state index in [0.717, 1.165) is 11.1 Å². The highest BCUT2D eigenvalue weighted by molar-refractivity contribution is 5.85. The third-order valence-corrected chi connectivity index (χ3v) is 3.82. The quantitative estimate of drug-likeness (QED) is 0.848. The van der Waals surface area contributed by atoms with E-state index in [-0.39, 0.29) is 18.4 Å². The van der Waals surface area contributed by atoms with Gasteiger partial charge in [0.1, 0.15) is 5.75 Å². The molecule has 3 N–H and O–H groups in total. The van der Waals surface area contributed by atoms with Gasteiger partial charge in [0.05, 0.1) is 0 Å². The average molecular weight is 256 g/mol. The molecule has 0 bridgehead atoms. The minimum Gasteiger partial charge on any atom is -0.508 e. The zero-order valence-electron chi connectivity index (χ0n) is 10.6. The van der Waals surface area contributed by atoms with E-state index in [9.17, 15) is 5.11 Å². The lowest BCUT2D eigenvalue weighted by atomic mass is 9.87. The van der Waals surface area contributed by atoms with E-state index in [2.05, 4.69) is 0 Å². The Morgan fingerprint density at radius 3 is 2.12 bits per heavy atom. The zero-order chi connectivity index (χ0) is 11.7. The van der Waals surface area contributed by atoms with Crippen molar-refractivity contribution >= 4 is 12.4 Å². The predicted molar refractivity (Wildman–Crippen MR) is 73.7 cm³/mol. The Balaban J connectivity index is 0.00000144. The molecule has 3 heteroatoms. The van der Waals surface area contributed by atoms with E-state index < -0.39 is 0 Å². The second kappa shape index (κ2) is 5.74. The van der Waals surface area contributed by atoms with Gasteiger partial charge in [0.25, 0.3) is 0 Å². The molecule has 0 saturated heterocycles. The Kier molecular flexibility index (Phi) is 4.84. The molecule has 0 radical (unpaired) electrons. The van der Waals surface area contributed by atoms with Crippen LogP contribution in [0.5, 0.6) is 5.75 Å². The molecule has 0 aromatic heterocycles. The summed E-state index contributed by atoms with van der Waals surface area (Å²) in [4.78, 5) is 0. The van der Waals surface area contributed by atoms with E-state index in [4.69, 9.17) is 5.73 Å². The van der Waals surface area contributed by atoms with E-state index in [0.29, 0.717) is 11.7 Å². The Hall–Kier alpha value is -0.730. The topological polar surface area (TPSA) is 46.2 Å². The van der Waals surface area contributed by atoms with Crippen LogP contribution in [0, 0.1) is 19.8 Å². The molecule has 1 fully saturated rings. The monoisotopic (exact) mass is 255 g/mol. The Morgan fingerprint density at radius 1 is 1.18 bits per heavy atom. The second-order valence-electron chi connectivity index (χ2n) is 5.06. The molecule has 2 rings (SSSR count). The molecular formula is C14H22ClNO. The summed E-state index contributed by atoms with van der Waals surface area (Å²) >= 11 is 0. The molecule has 1 saturated carbocycles. The van der Waals surface area contributed by atoms with Gasteiger partial charge in [-0.2, -0.15) is 0 Å². The number of rotatable bonds is 2. The molecule has 0 heterocycles. The first-order valence-electron chi connectivity index (χ1n) is 6.15. The van der Waals surface area contributed by atoms with Gasteiger partial charge in [-0.15, -0.1) is 12.4 Å². The van der Waals surface area contributed by atoms with Crippen LogP contribution in [0.2, 0.25) is 0 Å². The van der Waals surface area contributed by atoms with Gasteiger partial charge in [-0.05, 0) is 61.4 Å². The van der Waals surface area contributed by atoms with Crippen LogP contribution >= 0.6 is 12.4 Å². The number of halogens is 1. The van der Waals surface area contributed by atoms with Gasteiger partial charge < -0.3 is 10.8 Å². The minimum absolute atomic E-state index is 0. The minimum atomic E-state index is 0. The van der Waals surface area contributed by atoms with Gasteiger partial charge in [0.2, 0.25) is 0 Å². The van der Waals surface area contributed by atoms with Crippen molar-refractivity contribution in [1.29, 1.82) is 0 Å². The summed E-state index contributed by atoms with van der Waals surface area (Å²) in [6.45, 7) is 4.08. The smallest absolute Gasteiger partial charge is 0.116 e. The summed E-state index contributed by atoms with van der Waals surface area (Å²) in [7, 11) is 0. The Morgan fingerprint density at radius 2 is 1.65 bits per heavy atom. The lowest BCUT2D eigenvalue weighted by Crippen LogP contribution is -2.21. The van der Waals surface area contributed by atoms with Gasteiger partial charge in [-0.3, -0.25) is 0 Å². The van der Waals surface area contributed by atoms with Crippen molar-refractivity contribution in [1.82, 2.24) is 0 Å². The van der Waals surface area contributed by atoms with Crippen LogP contribution in [-0.2, 0) is 0 Å². The highest BCUT2D eigenvalue weighted by Crippen LogP contribution is 2.37. The number of aromatic hydroxyl groups is 1. The van der Waals surface area contributed by atoms with Crippen molar-refractivity contribution in [3.8, 4) is 5.75 Å². The van der Waals surface area contributed by atoms with Gasteiger partial charge in [-0.25, -0.2) is 0 Å². The van der Waals surface area contributed by atoms with E-state index in [1.807, 2.05) is 26.0 Å². The maximum absolute atomic E-state index is 9.52. The fourth-order valence-corrected chi connectivity index (χ4v) is 3.03. The Labute approximate surface area is 110 Å². The maximum Gasteiger partial charge on any atom is 0.116 e. The molecule has 1 atom stereocenters. The van der Waals surface area contributed by atoms with Crippen LogP contribution in [0.15, 0.2) is 12.1 Å². The molecule has 0 spiro atoms. The maximum atomic E-state index is 9.52. The fraction of sp³-hybridized carbons (Fsp3) is 0.571. The molecule has 2 nitrogen and oxygen atoms in total. The largest absolute Gasteiger partial charge is 0.508 e. The van der Waals surface area contributed by atoms with E-state index >= 15 is 0 Å². The van der Waals surface area contributed by atoms with Crippen LogP contribution in [0.4, 0.5) is 0 Å². The molecule has 1 aliphatic rings. The van der Waals surface area contributed by atoms with Crippen LogP contribution in [0.1, 0.15) is 48.4 Å². The molecule has 0 aliphatic heterocycles. The normalized spacial score (nSPS) is 17.8. The molecule has 1 aliphatic carbocycles. The number of aryl methyl sites for hydroxylation is 2. The molecule has 1 aromatic carbocycles. The fourth-order valence-electron chi connectivity index (χ4n) is 3.03. The van der Waals surface area contributed by atoms with Crippen molar-refractivity contribution in [2.75, 3.05) is 0 Å². The highest BCUT2D eigenvalue weighted by Gasteiger charge is 2.25. The summed E-state index contributed by atoms with van der Waals surface area (Å²) in [6.07, 6.45) is 5.13. The van der Waals surface area contributed by atoms with Crippen molar-refractivity contribution in [2.24, 2.45) is 11.7 Å². The van der Waals surface area contributed by atoms with Crippen molar-refractivity contribution < 1.29 is 5.11 Å². The van der Waals surface area contributed by atoms with Crippen LogP contribution in [0.3, 0.4) is 0 Å². The number of phenols is 1. The van der Waals surface area contributed by atoms with Crippen LogP contribution in [-0.4, -0.2) is 5.11 Å². The summed E-state index contributed by atoms with van der Waals surface area (Å²) < 4.78 is 0. The second-order valence-corrected chi connectivity index (χ2v) is 5.06. The number of benzene rings is 1. The third-order valence-electron chi connectivity index (χ3n) is 3.82. The lowest BCUT2D eigenvalue weighted by molar-refractivity contribution is 0.439. The van der Waals surface area contributed by atoms with Crippen LogP contribution in [0.25, 0.3) is 0 Å². The summed E-state index contributed by atoms with van der Waals surface area (Å²) in [5.74, 6) is 0.972. The number of hydrogen-bond acceptors (Lipinski definition) is 2. The molecule has 0 unspecified atom stereocenters. The molecule has 96 valence electrons. The first-order valence-corrected chi connectivity index (χ1v) is 6.15. The number of hydrogen-bond donors (Lipinski definition) is 2. The zero-order valence-corrected chi connectivity index (χ0v) is 11.4. The Bertz CT molecular complexity index is 363. The predicted octanol–water partition coefficient (Wildman–Crippen LogP) is 3.62. The number of phenolic OH excluding ortho intramolecular Hbond substituents is 1.